The van der Waals surface area contributed by atoms with Gasteiger partial charge in [-0.2, -0.15) is 0 Å². The van der Waals surface area contributed by atoms with E-state index in [4.69, 9.17) is 21.1 Å². The molecule has 1 aliphatic carbocycles. The molecule has 1 fully saturated rings. The second-order valence-electron chi connectivity index (χ2n) is 8.67. The molecule has 1 aliphatic heterocycles. The van der Waals surface area contributed by atoms with Crippen LogP contribution in [0.2, 0.25) is 0 Å². The van der Waals surface area contributed by atoms with Crippen molar-refractivity contribution in [1.82, 2.24) is 0 Å². The molecule has 2 aliphatic rings. The molecule has 0 bridgehead atoms. The summed E-state index contributed by atoms with van der Waals surface area (Å²) in [5.74, 6) is -0.368. The first kappa shape index (κ1) is 22.0. The maximum atomic E-state index is 12.5. The van der Waals surface area contributed by atoms with E-state index >= 15 is 0 Å². The highest BCUT2D eigenvalue weighted by atomic mass is 16.7. The molecule has 4 N–H and O–H groups in total. The van der Waals surface area contributed by atoms with Gasteiger partial charge in [-0.05, 0) is 50.0 Å². The first-order chi connectivity index (χ1) is 14.3. The maximum Gasteiger partial charge on any atom is 0.303 e. The van der Waals surface area contributed by atoms with Crippen LogP contribution in [0, 0.1) is 17.2 Å². The van der Waals surface area contributed by atoms with Crippen LogP contribution in [0.4, 0.5) is 0 Å². The van der Waals surface area contributed by atoms with E-state index in [1.54, 1.807) is 0 Å². The molecular formula is C23H31N3O4. The van der Waals surface area contributed by atoms with Gasteiger partial charge in [0.25, 0.3) is 0 Å². The zero-order valence-corrected chi connectivity index (χ0v) is 17.5. The fraction of sp³-hybridized carbons (Fsp3) is 0.565. The number of carbonyl (C=O) groups excluding carboxylic acids is 1. The van der Waals surface area contributed by atoms with Crippen molar-refractivity contribution < 1.29 is 19.5 Å². The summed E-state index contributed by atoms with van der Waals surface area (Å²) >= 11 is 0. The second-order valence-corrected chi connectivity index (χ2v) is 8.67. The Hall–Kier alpha value is -2.70. The summed E-state index contributed by atoms with van der Waals surface area (Å²) in [7, 11) is 0. The van der Waals surface area contributed by atoms with E-state index in [1.807, 2.05) is 31.2 Å². The van der Waals surface area contributed by atoms with Crippen LogP contribution < -0.4 is 5.73 Å². The van der Waals surface area contributed by atoms with Gasteiger partial charge in [0.2, 0.25) is 0 Å². The molecule has 3 atom stereocenters. The van der Waals surface area contributed by atoms with Crippen LogP contribution in [0.1, 0.15) is 75.8 Å². The first-order valence-corrected chi connectivity index (χ1v) is 10.7. The minimum Gasteiger partial charge on any atom is -0.481 e. The smallest absolute Gasteiger partial charge is 0.303 e. The predicted molar refractivity (Wildman–Crippen MR) is 115 cm³/mol. The number of benzene rings is 1. The van der Waals surface area contributed by atoms with E-state index in [0.29, 0.717) is 24.3 Å². The summed E-state index contributed by atoms with van der Waals surface area (Å²) in [6, 6.07) is 7.50. The highest BCUT2D eigenvalue weighted by molar-refractivity contribution is 6.03. The molecule has 7 heteroatoms. The number of carbonyl (C=O) groups is 2. The molecule has 0 aromatic heterocycles. The standard InChI is InChI=1S/C23H31N3O4/c1-15(20(27)5-2-6-21(28)29)16-4-3-12-23(13-11-16)14-19(26-30-23)17-7-9-18(10-8-17)22(24)25/h7-10,15-16H,2-6,11-14H2,1H3,(H3,24,25)(H,28,29)/t15-,16?,23?/m0/s1. The third-order valence-electron chi connectivity index (χ3n) is 6.58. The number of aliphatic carboxylic acids is 1. The Balaban J connectivity index is 1.55. The lowest BCUT2D eigenvalue weighted by Crippen LogP contribution is -2.29. The predicted octanol–water partition coefficient (Wildman–Crippen LogP) is 3.87. The number of nitrogens with zero attached hydrogens (tertiary/aromatic N) is 1. The van der Waals surface area contributed by atoms with Gasteiger partial charge in [-0.15, -0.1) is 0 Å². The molecule has 1 heterocycles. The molecule has 1 aromatic rings. The van der Waals surface area contributed by atoms with Crippen LogP contribution in [-0.4, -0.2) is 34.0 Å². The number of hydrogen-bond donors (Lipinski definition) is 3. The maximum absolute atomic E-state index is 12.5. The summed E-state index contributed by atoms with van der Waals surface area (Å²) in [6.07, 6.45) is 6.23. The number of nitrogen functional groups attached to an aromatic ring is 1. The van der Waals surface area contributed by atoms with Crippen molar-refractivity contribution >= 4 is 23.3 Å². The summed E-state index contributed by atoms with van der Waals surface area (Å²) < 4.78 is 0. The van der Waals surface area contributed by atoms with Crippen LogP contribution >= 0.6 is 0 Å². The second kappa shape index (κ2) is 9.41. The summed E-state index contributed by atoms with van der Waals surface area (Å²) in [5.41, 5.74) is 7.82. The molecule has 1 spiro atoms. The average Bonchev–Trinajstić information content (AvgIpc) is 3.02. The average molecular weight is 414 g/mol. The molecule has 30 heavy (non-hydrogen) atoms. The molecule has 7 nitrogen and oxygen atoms in total. The molecule has 3 rings (SSSR count). The van der Waals surface area contributed by atoms with Crippen LogP contribution in [0.3, 0.4) is 0 Å². The SMILES string of the molecule is C[C@H](C(=O)CCCC(=O)O)C1CCCC2(CC1)CC(c1ccc(C(=N)N)cc1)=NO2. The third kappa shape index (κ3) is 5.26. The quantitative estimate of drug-likeness (QED) is 0.440. The van der Waals surface area contributed by atoms with Crippen molar-refractivity contribution in [2.24, 2.45) is 22.7 Å². The van der Waals surface area contributed by atoms with Crippen molar-refractivity contribution in [3.05, 3.63) is 35.4 Å². The number of rotatable bonds is 8. The molecular weight excluding hydrogens is 382 g/mol. The van der Waals surface area contributed by atoms with Crippen LogP contribution in [0.25, 0.3) is 0 Å². The molecule has 2 unspecified atom stereocenters. The summed E-state index contributed by atoms with van der Waals surface area (Å²) in [5, 5.41) is 20.6. The van der Waals surface area contributed by atoms with E-state index < -0.39 is 5.97 Å². The lowest BCUT2D eigenvalue weighted by atomic mass is 9.82. The number of nitrogens with one attached hydrogen (secondary N) is 1. The van der Waals surface area contributed by atoms with Crippen LogP contribution in [0.5, 0.6) is 0 Å². The largest absolute Gasteiger partial charge is 0.481 e. The van der Waals surface area contributed by atoms with Gasteiger partial charge in [-0.1, -0.05) is 36.3 Å². The molecule has 0 radical (unpaired) electrons. The van der Waals surface area contributed by atoms with Gasteiger partial charge < -0.3 is 15.7 Å². The van der Waals surface area contributed by atoms with Crippen molar-refractivity contribution in [2.45, 2.75) is 70.3 Å². The normalized spacial score (nSPS) is 24.6. The van der Waals surface area contributed by atoms with Gasteiger partial charge in [0, 0.05) is 30.7 Å². The summed E-state index contributed by atoms with van der Waals surface area (Å²) in [4.78, 5) is 29.1. The topological polar surface area (TPSA) is 126 Å². The van der Waals surface area contributed by atoms with Gasteiger partial charge in [-0.3, -0.25) is 15.0 Å². The van der Waals surface area contributed by atoms with E-state index in [0.717, 1.165) is 49.8 Å². The molecule has 0 saturated heterocycles. The fourth-order valence-corrected chi connectivity index (χ4v) is 4.60. The monoisotopic (exact) mass is 413 g/mol. The Bertz CT molecular complexity index is 833. The number of amidine groups is 1. The lowest BCUT2D eigenvalue weighted by molar-refractivity contribution is -0.137. The zero-order valence-electron chi connectivity index (χ0n) is 17.5. The molecule has 1 aromatic carbocycles. The van der Waals surface area contributed by atoms with Crippen molar-refractivity contribution in [3.8, 4) is 0 Å². The van der Waals surface area contributed by atoms with E-state index in [1.165, 1.54) is 0 Å². The van der Waals surface area contributed by atoms with Gasteiger partial charge in [0.15, 0.2) is 0 Å². The summed E-state index contributed by atoms with van der Waals surface area (Å²) in [6.45, 7) is 1.99. The van der Waals surface area contributed by atoms with E-state index in [2.05, 4.69) is 5.16 Å². The highest BCUT2D eigenvalue weighted by Gasteiger charge is 2.42. The van der Waals surface area contributed by atoms with Gasteiger partial charge >= 0.3 is 5.97 Å². The Morgan fingerprint density at radius 2 is 2.00 bits per heavy atom. The first-order valence-electron chi connectivity index (χ1n) is 10.7. The zero-order chi connectivity index (χ0) is 21.7. The van der Waals surface area contributed by atoms with Gasteiger partial charge in [0.1, 0.15) is 17.2 Å². The number of ketones is 1. The number of nitrogens with two attached hydrogens (primary N) is 1. The highest BCUT2D eigenvalue weighted by Crippen LogP contribution is 2.42. The third-order valence-corrected chi connectivity index (χ3v) is 6.58. The van der Waals surface area contributed by atoms with Crippen LogP contribution in [0.15, 0.2) is 29.4 Å². The van der Waals surface area contributed by atoms with Crippen molar-refractivity contribution in [1.29, 1.82) is 5.41 Å². The molecule has 1 saturated carbocycles. The van der Waals surface area contributed by atoms with Gasteiger partial charge in [0.05, 0.1) is 5.71 Å². The van der Waals surface area contributed by atoms with Crippen LogP contribution in [-0.2, 0) is 14.4 Å². The Labute approximate surface area is 177 Å². The Kier molecular flexibility index (Phi) is 6.90. The number of Topliss-reactive ketones (excluding diaryl/α,β-unsaturated/α-hetero) is 1. The minimum absolute atomic E-state index is 0.0454. The molecule has 0 amide bonds. The number of carboxylic acids is 1. The van der Waals surface area contributed by atoms with E-state index in [-0.39, 0.29) is 29.6 Å². The fourth-order valence-electron chi connectivity index (χ4n) is 4.60. The lowest BCUT2D eigenvalue weighted by Gasteiger charge is -2.25. The Morgan fingerprint density at radius 1 is 1.27 bits per heavy atom. The Morgan fingerprint density at radius 3 is 2.67 bits per heavy atom. The number of hydrogen-bond acceptors (Lipinski definition) is 5. The van der Waals surface area contributed by atoms with Crippen molar-refractivity contribution in [2.75, 3.05) is 0 Å². The number of carboxylic acid groups (broad SMARTS) is 1. The minimum atomic E-state index is -0.850. The number of oxime groups is 1. The van der Waals surface area contributed by atoms with E-state index in [9.17, 15) is 9.59 Å². The van der Waals surface area contributed by atoms with Gasteiger partial charge in [-0.25, -0.2) is 0 Å². The molecule has 162 valence electrons. The van der Waals surface area contributed by atoms with Crippen molar-refractivity contribution in [3.63, 3.8) is 0 Å².